The lowest BCUT2D eigenvalue weighted by molar-refractivity contribution is 1.20. The molecular weight excluding hydrogens is 186 g/mol. The third-order valence-corrected chi connectivity index (χ3v) is 2.65. The van der Waals surface area contributed by atoms with Gasteiger partial charge in [0.1, 0.15) is 0 Å². The van der Waals surface area contributed by atoms with Crippen molar-refractivity contribution in [2.45, 2.75) is 6.92 Å². The Labute approximate surface area is 86.5 Å². The summed E-state index contributed by atoms with van der Waals surface area (Å²) < 4.78 is 0. The molecule has 0 aliphatic heterocycles. The number of rotatable bonds is 0. The number of aryl methyl sites for hydroxylation is 1. The maximum absolute atomic E-state index is 4.31. The molecule has 0 radical (unpaired) electrons. The zero-order valence-electron chi connectivity index (χ0n) is 8.36. The van der Waals surface area contributed by atoms with Gasteiger partial charge in [-0.2, -0.15) is 0 Å². The Morgan fingerprint density at radius 2 is 1.93 bits per heavy atom. The van der Waals surface area contributed by atoms with Crippen molar-refractivity contribution in [2.75, 3.05) is 0 Å². The average Bonchev–Trinajstić information content (AvgIpc) is 2.25. The molecule has 72 valence electrons. The molecule has 3 heterocycles. The van der Waals surface area contributed by atoms with E-state index in [4.69, 9.17) is 0 Å². The Morgan fingerprint density at radius 3 is 2.80 bits per heavy atom. The van der Waals surface area contributed by atoms with Gasteiger partial charge in [0.05, 0.1) is 17.1 Å². The molecule has 0 aliphatic carbocycles. The Hall–Kier alpha value is -2.03. The number of hydrogen-bond acceptors (Lipinski definition) is 3. The van der Waals surface area contributed by atoms with Crippen LogP contribution in [-0.4, -0.2) is 15.0 Å². The largest absolute Gasteiger partial charge is 0.259 e. The summed E-state index contributed by atoms with van der Waals surface area (Å²) in [6.45, 7) is 5.90. The Morgan fingerprint density at radius 1 is 1.07 bits per heavy atom. The predicted molar refractivity (Wildman–Crippen MR) is 60.3 cm³/mol. The standard InChI is InChI=1S/C12H9N3/c1-7-11-8(2)15-6-10-12(11)9(5-14-7)3-4-13-10/h3-6H,1H2,2H3. The monoisotopic (exact) mass is 195 g/mol. The van der Waals surface area contributed by atoms with Gasteiger partial charge in [-0.3, -0.25) is 15.0 Å². The molecular formula is C12H9N3. The number of hydrogen-bond donors (Lipinski definition) is 0. The maximum atomic E-state index is 4.31. The second-order valence-electron chi connectivity index (χ2n) is 3.58. The highest BCUT2D eigenvalue weighted by molar-refractivity contribution is 6.08. The fourth-order valence-corrected chi connectivity index (χ4v) is 1.94. The molecule has 0 spiro atoms. The van der Waals surface area contributed by atoms with Crippen molar-refractivity contribution in [3.8, 4) is 0 Å². The Kier molecular flexibility index (Phi) is 1.51. The zero-order valence-corrected chi connectivity index (χ0v) is 8.36. The molecule has 3 heteroatoms. The maximum Gasteiger partial charge on any atom is 0.0898 e. The number of pyridine rings is 3. The van der Waals surface area contributed by atoms with Gasteiger partial charge in [-0.05, 0) is 13.0 Å². The molecule has 0 bridgehead atoms. The third-order valence-electron chi connectivity index (χ3n) is 2.65. The predicted octanol–water partition coefficient (Wildman–Crippen LogP) is 1.62. The van der Waals surface area contributed by atoms with Gasteiger partial charge in [0, 0.05) is 34.2 Å². The molecule has 0 N–H and O–H groups in total. The van der Waals surface area contributed by atoms with Crippen LogP contribution in [0.25, 0.3) is 28.3 Å². The average molecular weight is 195 g/mol. The van der Waals surface area contributed by atoms with Crippen LogP contribution < -0.4 is 5.35 Å². The summed E-state index contributed by atoms with van der Waals surface area (Å²) in [4.78, 5) is 12.9. The number of nitrogens with zero attached hydrogens (tertiary/aromatic N) is 3. The Bertz CT molecular complexity index is 688. The van der Waals surface area contributed by atoms with E-state index in [0.717, 1.165) is 32.7 Å². The quantitative estimate of drug-likeness (QED) is 0.547. The van der Waals surface area contributed by atoms with Crippen molar-refractivity contribution in [3.63, 3.8) is 0 Å². The van der Waals surface area contributed by atoms with Crippen molar-refractivity contribution in [1.82, 2.24) is 15.0 Å². The fourth-order valence-electron chi connectivity index (χ4n) is 1.94. The van der Waals surface area contributed by atoms with E-state index in [1.807, 2.05) is 19.2 Å². The van der Waals surface area contributed by atoms with Crippen LogP contribution in [0.1, 0.15) is 5.69 Å². The molecule has 15 heavy (non-hydrogen) atoms. The van der Waals surface area contributed by atoms with Gasteiger partial charge < -0.3 is 0 Å². The molecule has 0 saturated carbocycles. The highest BCUT2D eigenvalue weighted by Crippen LogP contribution is 2.22. The highest BCUT2D eigenvalue weighted by atomic mass is 14.7. The van der Waals surface area contributed by atoms with Gasteiger partial charge in [0.2, 0.25) is 0 Å². The van der Waals surface area contributed by atoms with Gasteiger partial charge in [-0.25, -0.2) is 0 Å². The molecule has 3 rings (SSSR count). The summed E-state index contributed by atoms with van der Waals surface area (Å²) in [5, 5.41) is 4.00. The van der Waals surface area contributed by atoms with Gasteiger partial charge in [0.15, 0.2) is 0 Å². The van der Waals surface area contributed by atoms with Crippen molar-refractivity contribution in [3.05, 3.63) is 35.7 Å². The summed E-state index contributed by atoms with van der Waals surface area (Å²) in [6, 6.07) is 1.96. The Balaban J connectivity index is 2.79. The second kappa shape index (κ2) is 2.73. The van der Waals surface area contributed by atoms with E-state index in [2.05, 4.69) is 21.5 Å². The lowest BCUT2D eigenvalue weighted by Crippen LogP contribution is -2.08. The van der Waals surface area contributed by atoms with Gasteiger partial charge in [-0.15, -0.1) is 0 Å². The number of aromatic nitrogens is 3. The molecule has 3 nitrogen and oxygen atoms in total. The topological polar surface area (TPSA) is 38.7 Å². The smallest absolute Gasteiger partial charge is 0.0898 e. The van der Waals surface area contributed by atoms with Crippen molar-refractivity contribution in [1.29, 1.82) is 0 Å². The minimum absolute atomic E-state index is 0.770. The van der Waals surface area contributed by atoms with E-state index in [9.17, 15) is 0 Å². The van der Waals surface area contributed by atoms with Gasteiger partial charge >= 0.3 is 0 Å². The molecule has 0 atom stereocenters. The molecule has 3 aromatic rings. The van der Waals surface area contributed by atoms with Crippen LogP contribution in [0.2, 0.25) is 0 Å². The highest BCUT2D eigenvalue weighted by Gasteiger charge is 2.06. The molecule has 0 unspecified atom stereocenters. The van der Waals surface area contributed by atoms with E-state index in [1.54, 1.807) is 12.4 Å². The first kappa shape index (κ1) is 8.29. The normalized spacial score (nSPS) is 11.3. The first-order valence-corrected chi connectivity index (χ1v) is 4.75. The van der Waals surface area contributed by atoms with E-state index in [-0.39, 0.29) is 0 Å². The summed E-state index contributed by atoms with van der Waals surface area (Å²) in [5.41, 5.74) is 1.86. The summed E-state index contributed by atoms with van der Waals surface area (Å²) in [7, 11) is 0. The van der Waals surface area contributed by atoms with Crippen LogP contribution in [-0.2, 0) is 0 Å². The van der Waals surface area contributed by atoms with Crippen LogP contribution in [0.4, 0.5) is 0 Å². The van der Waals surface area contributed by atoms with Crippen molar-refractivity contribution in [2.24, 2.45) is 0 Å². The van der Waals surface area contributed by atoms with Crippen LogP contribution in [0.3, 0.4) is 0 Å². The first-order valence-electron chi connectivity index (χ1n) is 4.75. The van der Waals surface area contributed by atoms with Crippen LogP contribution in [0, 0.1) is 6.92 Å². The lowest BCUT2D eigenvalue weighted by atomic mass is 10.1. The molecule has 0 saturated heterocycles. The molecule has 0 amide bonds. The molecule has 0 fully saturated rings. The van der Waals surface area contributed by atoms with Crippen molar-refractivity contribution < 1.29 is 0 Å². The minimum Gasteiger partial charge on any atom is -0.259 e. The van der Waals surface area contributed by atoms with Gasteiger partial charge in [-0.1, -0.05) is 6.58 Å². The van der Waals surface area contributed by atoms with E-state index in [1.165, 1.54) is 0 Å². The van der Waals surface area contributed by atoms with Crippen molar-refractivity contribution >= 4 is 28.3 Å². The minimum atomic E-state index is 0.770. The van der Waals surface area contributed by atoms with Crippen LogP contribution in [0.5, 0.6) is 0 Å². The van der Waals surface area contributed by atoms with E-state index in [0.29, 0.717) is 0 Å². The summed E-state index contributed by atoms with van der Waals surface area (Å²) in [6.07, 6.45) is 5.40. The molecule has 0 aromatic carbocycles. The van der Waals surface area contributed by atoms with Crippen LogP contribution in [0.15, 0.2) is 24.7 Å². The second-order valence-corrected chi connectivity index (χ2v) is 3.58. The molecule has 3 aromatic heterocycles. The van der Waals surface area contributed by atoms with E-state index >= 15 is 0 Å². The lowest BCUT2D eigenvalue weighted by Gasteiger charge is -2.05. The third kappa shape index (κ3) is 1.03. The molecule has 0 aliphatic rings. The zero-order chi connectivity index (χ0) is 10.4. The fraction of sp³-hybridized carbons (Fsp3) is 0.0833. The summed E-state index contributed by atoms with van der Waals surface area (Å²) in [5.74, 6) is 0. The van der Waals surface area contributed by atoms with E-state index < -0.39 is 0 Å². The SMILES string of the molecule is C=c1ncc2ccnc3cnc(C)c1c23. The summed E-state index contributed by atoms with van der Waals surface area (Å²) >= 11 is 0. The van der Waals surface area contributed by atoms with Gasteiger partial charge in [0.25, 0.3) is 0 Å². The van der Waals surface area contributed by atoms with Crippen LogP contribution >= 0.6 is 0 Å². The first-order chi connectivity index (χ1) is 7.27.